The Kier molecular flexibility index (Phi) is 21.5. The van der Waals surface area contributed by atoms with Crippen LogP contribution in [0.1, 0.15) is 71.8 Å². The Bertz CT molecular complexity index is 526. The number of hydrogen-bond acceptors (Lipinski definition) is 6. The molecule has 0 bridgehead atoms. The SMILES string of the molecule is C.C.CO.O=C(OCc1ccccc1)N1CCCC(O)CCC1.OC1CCCNCCC1. The average Bonchev–Trinajstić information content (AvgIpc) is 2.74. The zero-order valence-electron chi connectivity index (χ0n) is 18.3. The predicted molar refractivity (Wildman–Crippen MR) is 132 cm³/mol. The van der Waals surface area contributed by atoms with Crippen molar-refractivity contribution < 1.29 is 24.9 Å². The van der Waals surface area contributed by atoms with Crippen LogP contribution in [0.4, 0.5) is 4.79 Å². The largest absolute Gasteiger partial charge is 0.445 e. The highest BCUT2D eigenvalue weighted by Gasteiger charge is 2.18. The van der Waals surface area contributed by atoms with Gasteiger partial charge in [0.1, 0.15) is 6.61 Å². The summed E-state index contributed by atoms with van der Waals surface area (Å²) in [6.45, 7) is 3.82. The van der Waals surface area contributed by atoms with Gasteiger partial charge in [-0.1, -0.05) is 45.2 Å². The first-order chi connectivity index (χ1) is 14.6. The molecule has 2 aliphatic rings. The van der Waals surface area contributed by atoms with E-state index in [-0.39, 0.29) is 33.2 Å². The topological polar surface area (TPSA) is 102 Å². The number of carbonyl (C=O) groups is 1. The van der Waals surface area contributed by atoms with Crippen LogP contribution >= 0.6 is 0 Å². The van der Waals surface area contributed by atoms with Gasteiger partial charge in [-0.2, -0.15) is 0 Å². The molecule has 7 heteroatoms. The minimum Gasteiger partial charge on any atom is -0.445 e. The van der Waals surface area contributed by atoms with Crippen molar-refractivity contribution >= 4 is 6.09 Å². The molecule has 2 fully saturated rings. The molecule has 3 rings (SSSR count). The smallest absolute Gasteiger partial charge is 0.410 e. The summed E-state index contributed by atoms with van der Waals surface area (Å²) >= 11 is 0. The highest BCUT2D eigenvalue weighted by atomic mass is 16.6. The predicted octanol–water partition coefficient (Wildman–Crippen LogP) is 3.95. The third-order valence-electron chi connectivity index (χ3n) is 5.18. The molecular weight excluding hydrogens is 408 g/mol. The van der Waals surface area contributed by atoms with Crippen LogP contribution < -0.4 is 5.32 Å². The van der Waals surface area contributed by atoms with Gasteiger partial charge in [-0.25, -0.2) is 4.79 Å². The lowest BCUT2D eigenvalue weighted by atomic mass is 10.1. The summed E-state index contributed by atoms with van der Waals surface area (Å²) in [5.41, 5.74) is 0.998. The number of aliphatic hydroxyl groups is 3. The molecule has 1 aromatic rings. The van der Waals surface area contributed by atoms with Gasteiger partial charge in [-0.05, 0) is 70.0 Å². The Balaban J connectivity index is 0. The van der Waals surface area contributed by atoms with Gasteiger partial charge in [-0.3, -0.25) is 0 Å². The first-order valence-corrected chi connectivity index (χ1v) is 11.1. The third kappa shape index (κ3) is 15.2. The van der Waals surface area contributed by atoms with Crippen molar-refractivity contribution in [2.24, 2.45) is 0 Å². The molecule has 7 nitrogen and oxygen atoms in total. The summed E-state index contributed by atoms with van der Waals surface area (Å²) in [5.74, 6) is 0. The van der Waals surface area contributed by atoms with E-state index in [2.05, 4.69) is 5.32 Å². The van der Waals surface area contributed by atoms with E-state index >= 15 is 0 Å². The van der Waals surface area contributed by atoms with Crippen molar-refractivity contribution in [1.82, 2.24) is 10.2 Å². The van der Waals surface area contributed by atoms with Crippen LogP contribution in [0, 0.1) is 0 Å². The molecule has 0 aliphatic carbocycles. The number of ether oxygens (including phenoxy) is 1. The van der Waals surface area contributed by atoms with Crippen LogP contribution in [0.15, 0.2) is 30.3 Å². The summed E-state index contributed by atoms with van der Waals surface area (Å²) < 4.78 is 5.32. The third-order valence-corrected chi connectivity index (χ3v) is 5.18. The zero-order valence-corrected chi connectivity index (χ0v) is 18.3. The lowest BCUT2D eigenvalue weighted by molar-refractivity contribution is 0.0799. The fraction of sp³-hybridized carbons (Fsp3) is 0.720. The van der Waals surface area contributed by atoms with Crippen LogP contribution in [0.3, 0.4) is 0 Å². The number of carbonyl (C=O) groups excluding carboxylic acids is 1. The molecule has 0 unspecified atom stereocenters. The lowest BCUT2D eigenvalue weighted by Gasteiger charge is -2.25. The van der Waals surface area contributed by atoms with E-state index in [1.165, 1.54) is 0 Å². The van der Waals surface area contributed by atoms with Gasteiger partial charge < -0.3 is 30.3 Å². The van der Waals surface area contributed by atoms with Crippen molar-refractivity contribution in [3.63, 3.8) is 0 Å². The maximum Gasteiger partial charge on any atom is 0.410 e. The van der Waals surface area contributed by atoms with Crippen LogP contribution in [-0.2, 0) is 11.3 Å². The summed E-state index contributed by atoms with van der Waals surface area (Å²) in [6, 6.07) is 9.68. The van der Waals surface area contributed by atoms with Crippen molar-refractivity contribution in [2.45, 2.75) is 85.0 Å². The molecule has 2 aliphatic heterocycles. The Morgan fingerprint density at radius 2 is 1.38 bits per heavy atom. The lowest BCUT2D eigenvalue weighted by Crippen LogP contribution is -2.35. The second-order valence-electron chi connectivity index (χ2n) is 7.65. The molecule has 0 spiro atoms. The molecule has 2 saturated heterocycles. The summed E-state index contributed by atoms with van der Waals surface area (Å²) in [6.07, 6.45) is 6.94. The van der Waals surface area contributed by atoms with Crippen LogP contribution in [0.5, 0.6) is 0 Å². The van der Waals surface area contributed by atoms with Gasteiger partial charge in [0.05, 0.1) is 12.2 Å². The highest BCUT2D eigenvalue weighted by molar-refractivity contribution is 5.67. The Morgan fingerprint density at radius 3 is 1.88 bits per heavy atom. The second-order valence-corrected chi connectivity index (χ2v) is 7.65. The average molecular weight is 457 g/mol. The fourth-order valence-corrected chi connectivity index (χ4v) is 3.48. The van der Waals surface area contributed by atoms with Crippen molar-refractivity contribution in [1.29, 1.82) is 0 Å². The molecule has 188 valence electrons. The molecule has 0 atom stereocenters. The minimum absolute atomic E-state index is 0. The van der Waals surface area contributed by atoms with Crippen LogP contribution in [0.25, 0.3) is 0 Å². The summed E-state index contributed by atoms with van der Waals surface area (Å²) in [7, 11) is 1.00. The summed E-state index contributed by atoms with van der Waals surface area (Å²) in [4.78, 5) is 13.7. The van der Waals surface area contributed by atoms with E-state index in [4.69, 9.17) is 9.84 Å². The standard InChI is InChI=1S/C15H21NO3.C7H15NO.CH4O.2CH4/c17-14-8-4-10-16(11-5-9-14)15(18)19-12-13-6-2-1-3-7-13;9-7-3-1-5-8-6-2-4-7;1-2;;/h1-3,6-7,14,17H,4-5,8-12H2;7-9H,1-6H2;2H,1H3;2*1H4. The van der Waals surface area contributed by atoms with E-state index in [1.807, 2.05) is 30.3 Å². The number of amides is 1. The van der Waals surface area contributed by atoms with Gasteiger partial charge in [0.25, 0.3) is 0 Å². The van der Waals surface area contributed by atoms with Gasteiger partial charge in [0.15, 0.2) is 0 Å². The van der Waals surface area contributed by atoms with Crippen LogP contribution in [-0.4, -0.2) is 71.8 Å². The van der Waals surface area contributed by atoms with E-state index in [0.29, 0.717) is 19.7 Å². The number of nitrogens with one attached hydrogen (secondary N) is 1. The zero-order chi connectivity index (χ0) is 22.0. The van der Waals surface area contributed by atoms with E-state index in [1.54, 1.807) is 4.90 Å². The molecule has 0 radical (unpaired) electrons. The van der Waals surface area contributed by atoms with Gasteiger partial charge in [0.2, 0.25) is 0 Å². The van der Waals surface area contributed by atoms with Crippen LogP contribution in [0.2, 0.25) is 0 Å². The van der Waals surface area contributed by atoms with Crippen molar-refractivity contribution in [2.75, 3.05) is 33.3 Å². The summed E-state index contributed by atoms with van der Waals surface area (Å²) in [5, 5.41) is 29.0. The molecule has 32 heavy (non-hydrogen) atoms. The van der Waals surface area contributed by atoms with Crippen molar-refractivity contribution in [3.05, 3.63) is 35.9 Å². The van der Waals surface area contributed by atoms with E-state index < -0.39 is 0 Å². The maximum absolute atomic E-state index is 12.0. The number of nitrogens with zero attached hydrogens (tertiary/aromatic N) is 1. The minimum atomic E-state index is -0.250. The molecular formula is C25H48N2O5. The Morgan fingerprint density at radius 1 is 0.906 bits per heavy atom. The van der Waals surface area contributed by atoms with E-state index in [0.717, 1.165) is 77.1 Å². The molecule has 0 aromatic heterocycles. The Hall–Kier alpha value is -1.67. The number of rotatable bonds is 2. The second kappa shape index (κ2) is 21.2. The number of benzene rings is 1. The van der Waals surface area contributed by atoms with Gasteiger partial charge >= 0.3 is 6.09 Å². The molecule has 4 N–H and O–H groups in total. The monoisotopic (exact) mass is 456 g/mol. The highest BCUT2D eigenvalue weighted by Crippen LogP contribution is 2.13. The number of likely N-dealkylation sites (tertiary alicyclic amines) is 1. The number of hydrogen-bond donors (Lipinski definition) is 4. The normalized spacial score (nSPS) is 17.7. The first kappa shape index (κ1) is 32.5. The molecule has 1 aromatic carbocycles. The van der Waals surface area contributed by atoms with E-state index in [9.17, 15) is 15.0 Å². The van der Waals surface area contributed by atoms with Crippen molar-refractivity contribution in [3.8, 4) is 0 Å². The number of aliphatic hydroxyl groups excluding tert-OH is 3. The quantitative estimate of drug-likeness (QED) is 0.537. The maximum atomic E-state index is 12.0. The fourth-order valence-electron chi connectivity index (χ4n) is 3.48. The Labute approximate surface area is 195 Å². The molecule has 2 heterocycles. The van der Waals surface area contributed by atoms with Gasteiger partial charge in [0, 0.05) is 20.2 Å². The molecule has 1 amide bonds. The first-order valence-electron chi connectivity index (χ1n) is 11.1. The van der Waals surface area contributed by atoms with Gasteiger partial charge in [-0.15, -0.1) is 0 Å². The molecule has 0 saturated carbocycles.